The van der Waals surface area contributed by atoms with Crippen molar-refractivity contribution < 1.29 is 0 Å². The molecule has 1 aromatic carbocycles. The maximum absolute atomic E-state index is 4.68. The summed E-state index contributed by atoms with van der Waals surface area (Å²) in [6, 6.07) is 10.5. The molecule has 0 amide bonds. The van der Waals surface area contributed by atoms with Gasteiger partial charge in [0.25, 0.3) is 0 Å². The second-order valence-corrected chi connectivity index (χ2v) is 8.09. The van der Waals surface area contributed by atoms with Crippen molar-refractivity contribution in [3.63, 3.8) is 0 Å². The Bertz CT molecular complexity index is 897. The third-order valence-electron chi connectivity index (χ3n) is 4.52. The van der Waals surface area contributed by atoms with Gasteiger partial charge in [-0.1, -0.05) is 44.2 Å². The third kappa shape index (κ3) is 6.42. The number of thiazole rings is 1. The summed E-state index contributed by atoms with van der Waals surface area (Å²) in [5.74, 6) is 2.34. The highest BCUT2D eigenvalue weighted by Crippen LogP contribution is 2.18. The predicted octanol–water partition coefficient (Wildman–Crippen LogP) is 3.81. The second kappa shape index (κ2) is 10.8. The van der Waals surface area contributed by atoms with E-state index in [0.717, 1.165) is 48.5 Å². The summed E-state index contributed by atoms with van der Waals surface area (Å²) in [6.45, 7) is 9.42. The first-order valence-corrected chi connectivity index (χ1v) is 11.0. The minimum atomic E-state index is 0.454. The number of nitrogens with one attached hydrogen (secondary N) is 2. The van der Waals surface area contributed by atoms with Crippen LogP contribution in [0.3, 0.4) is 0 Å². The summed E-state index contributed by atoms with van der Waals surface area (Å²) in [6.07, 6.45) is 4.74. The van der Waals surface area contributed by atoms with Crippen LogP contribution in [0.25, 0.3) is 0 Å². The lowest BCUT2D eigenvalue weighted by molar-refractivity contribution is 0.694. The summed E-state index contributed by atoms with van der Waals surface area (Å²) in [4.78, 5) is 13.9. The summed E-state index contributed by atoms with van der Waals surface area (Å²) in [5.41, 5.74) is 2.42. The van der Waals surface area contributed by atoms with Crippen LogP contribution in [0.15, 0.2) is 53.1 Å². The van der Waals surface area contributed by atoms with E-state index in [4.69, 9.17) is 0 Å². The molecule has 0 aliphatic rings. The number of aliphatic imine (C=N–C) groups is 1. The molecule has 154 valence electrons. The molecule has 2 aromatic heterocycles. The smallest absolute Gasteiger partial charge is 0.191 e. The topological polar surface area (TPSA) is 67.1 Å². The molecule has 29 heavy (non-hydrogen) atoms. The SMILES string of the molecule is CCNC(=NCc1nc(C(C)C)cs1)NCCc1nccn1Cc1ccccc1. The lowest BCUT2D eigenvalue weighted by Gasteiger charge is -2.12. The highest BCUT2D eigenvalue weighted by Gasteiger charge is 2.07. The van der Waals surface area contributed by atoms with E-state index in [1.807, 2.05) is 18.5 Å². The first-order chi connectivity index (χ1) is 14.2. The van der Waals surface area contributed by atoms with E-state index in [1.54, 1.807) is 11.3 Å². The number of imidazole rings is 1. The Balaban J connectivity index is 1.53. The number of benzene rings is 1. The first kappa shape index (κ1) is 21.0. The Labute approximate surface area is 177 Å². The van der Waals surface area contributed by atoms with Crippen LogP contribution in [0, 0.1) is 0 Å². The molecule has 2 heterocycles. The molecule has 0 spiro atoms. The second-order valence-electron chi connectivity index (χ2n) is 7.15. The molecule has 3 rings (SSSR count). The van der Waals surface area contributed by atoms with Crippen molar-refractivity contribution in [3.05, 3.63) is 70.2 Å². The molecule has 7 heteroatoms. The summed E-state index contributed by atoms with van der Waals surface area (Å²) in [5, 5.41) is 9.89. The number of hydrogen-bond acceptors (Lipinski definition) is 4. The van der Waals surface area contributed by atoms with Gasteiger partial charge in [0.2, 0.25) is 0 Å². The molecule has 0 bridgehead atoms. The van der Waals surface area contributed by atoms with Crippen molar-refractivity contribution in [2.45, 2.75) is 46.2 Å². The van der Waals surface area contributed by atoms with Gasteiger partial charge in [0.1, 0.15) is 10.8 Å². The summed E-state index contributed by atoms with van der Waals surface area (Å²) < 4.78 is 2.20. The number of aromatic nitrogens is 3. The average Bonchev–Trinajstić information content (AvgIpc) is 3.37. The van der Waals surface area contributed by atoms with E-state index in [0.29, 0.717) is 12.5 Å². The van der Waals surface area contributed by atoms with Gasteiger partial charge >= 0.3 is 0 Å². The number of hydrogen-bond donors (Lipinski definition) is 2. The maximum Gasteiger partial charge on any atom is 0.191 e. The lowest BCUT2D eigenvalue weighted by Crippen LogP contribution is -2.38. The van der Waals surface area contributed by atoms with Gasteiger partial charge in [-0.25, -0.2) is 15.0 Å². The van der Waals surface area contributed by atoms with Crippen molar-refractivity contribution in [1.29, 1.82) is 0 Å². The van der Waals surface area contributed by atoms with Crippen molar-refractivity contribution in [3.8, 4) is 0 Å². The monoisotopic (exact) mass is 410 g/mol. The number of nitrogens with zero attached hydrogens (tertiary/aromatic N) is 4. The normalized spacial score (nSPS) is 11.8. The van der Waals surface area contributed by atoms with Crippen LogP contribution < -0.4 is 10.6 Å². The summed E-state index contributed by atoms with van der Waals surface area (Å²) >= 11 is 1.68. The molecular weight excluding hydrogens is 380 g/mol. The predicted molar refractivity (Wildman–Crippen MR) is 120 cm³/mol. The van der Waals surface area contributed by atoms with Crippen LogP contribution in [0.1, 0.15) is 48.8 Å². The quantitative estimate of drug-likeness (QED) is 0.416. The fraction of sp³-hybridized carbons (Fsp3) is 0.409. The largest absolute Gasteiger partial charge is 0.357 e. The molecule has 0 saturated heterocycles. The highest BCUT2D eigenvalue weighted by molar-refractivity contribution is 7.09. The zero-order valence-corrected chi connectivity index (χ0v) is 18.2. The Morgan fingerprint density at radius 2 is 2.03 bits per heavy atom. The van der Waals surface area contributed by atoms with Gasteiger partial charge < -0.3 is 15.2 Å². The van der Waals surface area contributed by atoms with Gasteiger partial charge in [0.15, 0.2) is 5.96 Å². The Kier molecular flexibility index (Phi) is 7.81. The molecule has 6 nitrogen and oxygen atoms in total. The van der Waals surface area contributed by atoms with Gasteiger partial charge in [0, 0.05) is 43.8 Å². The van der Waals surface area contributed by atoms with Crippen LogP contribution in [0.4, 0.5) is 0 Å². The molecule has 0 unspecified atom stereocenters. The Hall–Kier alpha value is -2.67. The molecule has 2 N–H and O–H groups in total. The van der Waals surface area contributed by atoms with E-state index in [2.05, 4.69) is 80.6 Å². The standard InChI is InChI=1S/C22H30N6S/c1-4-23-22(26-14-21-27-19(16-29-21)17(2)3)25-11-10-20-24-12-13-28(20)15-18-8-6-5-7-9-18/h5-9,12-13,16-17H,4,10-11,14-15H2,1-3H3,(H2,23,25,26). The van der Waals surface area contributed by atoms with Crippen LogP contribution in [0.2, 0.25) is 0 Å². The molecule has 0 atom stereocenters. The number of rotatable bonds is 9. The first-order valence-electron chi connectivity index (χ1n) is 10.2. The van der Waals surface area contributed by atoms with Crippen molar-refractivity contribution in [2.75, 3.05) is 13.1 Å². The van der Waals surface area contributed by atoms with Crippen molar-refractivity contribution in [1.82, 2.24) is 25.2 Å². The minimum absolute atomic E-state index is 0.454. The zero-order chi connectivity index (χ0) is 20.5. The fourth-order valence-electron chi connectivity index (χ4n) is 2.94. The van der Waals surface area contributed by atoms with E-state index in [1.165, 1.54) is 5.56 Å². The average molecular weight is 411 g/mol. The molecule has 0 aliphatic heterocycles. The molecule has 3 aromatic rings. The third-order valence-corrected chi connectivity index (χ3v) is 5.37. The van der Waals surface area contributed by atoms with Crippen LogP contribution >= 0.6 is 11.3 Å². The van der Waals surface area contributed by atoms with Gasteiger partial charge in [-0.2, -0.15) is 0 Å². The van der Waals surface area contributed by atoms with Crippen LogP contribution in [0.5, 0.6) is 0 Å². The van der Waals surface area contributed by atoms with E-state index >= 15 is 0 Å². The van der Waals surface area contributed by atoms with Gasteiger partial charge in [0.05, 0.1) is 12.2 Å². The van der Waals surface area contributed by atoms with E-state index < -0.39 is 0 Å². The van der Waals surface area contributed by atoms with E-state index in [9.17, 15) is 0 Å². The Morgan fingerprint density at radius 3 is 2.76 bits per heavy atom. The zero-order valence-electron chi connectivity index (χ0n) is 17.4. The lowest BCUT2D eigenvalue weighted by atomic mass is 10.2. The summed E-state index contributed by atoms with van der Waals surface area (Å²) in [7, 11) is 0. The Morgan fingerprint density at radius 1 is 1.21 bits per heavy atom. The van der Waals surface area contributed by atoms with Gasteiger partial charge in [-0.05, 0) is 18.4 Å². The minimum Gasteiger partial charge on any atom is -0.357 e. The van der Waals surface area contributed by atoms with Gasteiger partial charge in [-0.3, -0.25) is 0 Å². The van der Waals surface area contributed by atoms with E-state index in [-0.39, 0.29) is 0 Å². The number of guanidine groups is 1. The molecule has 0 radical (unpaired) electrons. The fourth-order valence-corrected chi connectivity index (χ4v) is 3.82. The molecule has 0 saturated carbocycles. The highest BCUT2D eigenvalue weighted by atomic mass is 32.1. The maximum atomic E-state index is 4.68. The molecule has 0 aliphatic carbocycles. The van der Waals surface area contributed by atoms with Crippen molar-refractivity contribution in [2.24, 2.45) is 4.99 Å². The molecule has 0 fully saturated rings. The molecular formula is C22H30N6S. The van der Waals surface area contributed by atoms with Crippen LogP contribution in [-0.2, 0) is 19.5 Å². The van der Waals surface area contributed by atoms with Crippen molar-refractivity contribution >= 4 is 17.3 Å². The van der Waals surface area contributed by atoms with Crippen LogP contribution in [-0.4, -0.2) is 33.6 Å². The van der Waals surface area contributed by atoms with Gasteiger partial charge in [-0.15, -0.1) is 11.3 Å².